The highest BCUT2D eigenvalue weighted by atomic mass is 16.6. The molecule has 2 atom stereocenters. The minimum Gasteiger partial charge on any atom is -0.387 e. The Morgan fingerprint density at radius 2 is 2.00 bits per heavy atom. The summed E-state index contributed by atoms with van der Waals surface area (Å²) in [6.07, 6.45) is -0.919. The smallest absolute Gasteiger partial charge is 0.269 e. The van der Waals surface area contributed by atoms with E-state index in [4.69, 9.17) is 0 Å². The fourth-order valence-electron chi connectivity index (χ4n) is 3.08. The van der Waals surface area contributed by atoms with Crippen LogP contribution in [-0.4, -0.2) is 40.5 Å². The molecule has 2 aromatic rings. The predicted molar refractivity (Wildman–Crippen MR) is 91.8 cm³/mol. The molecule has 1 heterocycles. The molecule has 2 unspecified atom stereocenters. The number of piperazine rings is 1. The largest absolute Gasteiger partial charge is 0.387 e. The van der Waals surface area contributed by atoms with Crippen LogP contribution in [0.25, 0.3) is 0 Å². The maximum atomic E-state index is 12.3. The van der Waals surface area contributed by atoms with Crippen LogP contribution in [0.5, 0.6) is 0 Å². The van der Waals surface area contributed by atoms with Crippen molar-refractivity contribution in [2.24, 2.45) is 0 Å². The lowest BCUT2D eigenvalue weighted by Gasteiger charge is -2.36. The van der Waals surface area contributed by atoms with Crippen molar-refractivity contribution >= 4 is 11.6 Å². The van der Waals surface area contributed by atoms with Crippen molar-refractivity contribution in [3.63, 3.8) is 0 Å². The van der Waals surface area contributed by atoms with E-state index in [2.05, 4.69) is 5.32 Å². The number of nitrogens with zero attached hydrogens (tertiary/aromatic N) is 2. The van der Waals surface area contributed by atoms with E-state index in [0.717, 1.165) is 5.56 Å². The van der Waals surface area contributed by atoms with Crippen LogP contribution in [0.1, 0.15) is 23.3 Å². The van der Waals surface area contributed by atoms with Crippen molar-refractivity contribution in [2.75, 3.05) is 19.6 Å². The standard InChI is InChI=1S/C18H19N3O4/c22-16(14-7-4-8-15(11-14)21(24)25)12-20-10-9-19-18(23)17(20)13-5-2-1-3-6-13/h1-8,11,16-17,22H,9-10,12H2,(H,19,23). The SMILES string of the molecule is O=C1NCCN(CC(O)c2cccc([N+](=O)[O-])c2)C1c1ccccc1. The van der Waals surface area contributed by atoms with Gasteiger partial charge in [0.1, 0.15) is 6.04 Å². The van der Waals surface area contributed by atoms with E-state index in [1.165, 1.54) is 12.1 Å². The Labute approximate surface area is 145 Å². The molecule has 0 aromatic heterocycles. The summed E-state index contributed by atoms with van der Waals surface area (Å²) in [5.74, 6) is -0.108. The molecule has 1 aliphatic heterocycles. The average molecular weight is 341 g/mol. The molecule has 0 aliphatic carbocycles. The molecule has 25 heavy (non-hydrogen) atoms. The normalized spacial score (nSPS) is 19.2. The van der Waals surface area contributed by atoms with Gasteiger partial charge < -0.3 is 10.4 Å². The van der Waals surface area contributed by atoms with E-state index in [1.807, 2.05) is 35.2 Å². The highest BCUT2D eigenvalue weighted by Gasteiger charge is 2.32. The average Bonchev–Trinajstić information content (AvgIpc) is 2.62. The van der Waals surface area contributed by atoms with E-state index >= 15 is 0 Å². The molecular formula is C18H19N3O4. The molecule has 0 spiro atoms. The third-order valence-electron chi connectivity index (χ3n) is 4.30. The molecule has 7 heteroatoms. The number of nitro groups is 1. The molecule has 1 saturated heterocycles. The molecule has 1 aliphatic rings. The zero-order valence-corrected chi connectivity index (χ0v) is 13.5. The number of aliphatic hydroxyl groups is 1. The van der Waals surface area contributed by atoms with Crippen molar-refractivity contribution < 1.29 is 14.8 Å². The van der Waals surface area contributed by atoms with Gasteiger partial charge in [-0.1, -0.05) is 42.5 Å². The summed E-state index contributed by atoms with van der Waals surface area (Å²) in [6.45, 7) is 1.31. The molecule has 0 saturated carbocycles. The topological polar surface area (TPSA) is 95.7 Å². The minimum atomic E-state index is -0.919. The van der Waals surface area contributed by atoms with Gasteiger partial charge in [0.2, 0.25) is 5.91 Å². The summed E-state index contributed by atoms with van der Waals surface area (Å²) >= 11 is 0. The van der Waals surface area contributed by atoms with Gasteiger partial charge in [0, 0.05) is 31.8 Å². The lowest BCUT2D eigenvalue weighted by Crippen LogP contribution is -2.51. The van der Waals surface area contributed by atoms with Gasteiger partial charge in [-0.3, -0.25) is 19.8 Å². The van der Waals surface area contributed by atoms with Gasteiger partial charge in [-0.25, -0.2) is 0 Å². The minimum absolute atomic E-state index is 0.0625. The first kappa shape index (κ1) is 17.1. The number of β-amino-alcohol motifs (C(OH)–C–C–N with tert-alkyl or cyclic N) is 1. The number of nitrogens with one attached hydrogen (secondary N) is 1. The first-order valence-electron chi connectivity index (χ1n) is 8.05. The van der Waals surface area contributed by atoms with Crippen LogP contribution in [0.2, 0.25) is 0 Å². The zero-order chi connectivity index (χ0) is 17.8. The van der Waals surface area contributed by atoms with E-state index in [0.29, 0.717) is 18.7 Å². The van der Waals surface area contributed by atoms with E-state index in [9.17, 15) is 20.0 Å². The lowest BCUT2D eigenvalue weighted by molar-refractivity contribution is -0.385. The number of aliphatic hydroxyl groups excluding tert-OH is 1. The van der Waals surface area contributed by atoms with Gasteiger partial charge in [0.25, 0.3) is 5.69 Å². The Morgan fingerprint density at radius 1 is 1.24 bits per heavy atom. The van der Waals surface area contributed by atoms with Crippen molar-refractivity contribution in [1.82, 2.24) is 10.2 Å². The third kappa shape index (κ3) is 3.84. The number of rotatable bonds is 5. The molecule has 3 rings (SSSR count). The number of benzene rings is 2. The zero-order valence-electron chi connectivity index (χ0n) is 13.5. The molecular weight excluding hydrogens is 322 g/mol. The Balaban J connectivity index is 1.81. The second-order valence-corrected chi connectivity index (χ2v) is 5.97. The Morgan fingerprint density at radius 3 is 2.72 bits per heavy atom. The van der Waals surface area contributed by atoms with Crippen LogP contribution in [0.15, 0.2) is 54.6 Å². The van der Waals surface area contributed by atoms with Crippen molar-refractivity contribution in [1.29, 1.82) is 0 Å². The van der Waals surface area contributed by atoms with Crippen molar-refractivity contribution in [3.8, 4) is 0 Å². The molecule has 2 aromatic carbocycles. The highest BCUT2D eigenvalue weighted by Crippen LogP contribution is 2.27. The monoisotopic (exact) mass is 341 g/mol. The first-order valence-corrected chi connectivity index (χ1v) is 8.05. The van der Waals surface area contributed by atoms with Gasteiger partial charge in [-0.15, -0.1) is 0 Å². The summed E-state index contributed by atoms with van der Waals surface area (Å²) in [6, 6.07) is 14.8. The molecule has 0 bridgehead atoms. The molecule has 1 amide bonds. The fourth-order valence-corrected chi connectivity index (χ4v) is 3.08. The Bertz CT molecular complexity index is 766. The van der Waals surface area contributed by atoms with Crippen LogP contribution in [-0.2, 0) is 4.79 Å². The Hall–Kier alpha value is -2.77. The number of hydrogen-bond acceptors (Lipinski definition) is 5. The maximum Gasteiger partial charge on any atom is 0.269 e. The van der Waals surface area contributed by atoms with Gasteiger partial charge in [0.05, 0.1) is 11.0 Å². The molecule has 1 fully saturated rings. The van der Waals surface area contributed by atoms with Crippen molar-refractivity contribution in [3.05, 3.63) is 75.8 Å². The predicted octanol–water partition coefficient (Wildman–Crippen LogP) is 1.80. The summed E-state index contributed by atoms with van der Waals surface area (Å²) in [5.41, 5.74) is 1.26. The van der Waals surface area contributed by atoms with Crippen molar-refractivity contribution in [2.45, 2.75) is 12.1 Å². The van der Waals surface area contributed by atoms with Crippen LogP contribution in [0.3, 0.4) is 0 Å². The molecule has 130 valence electrons. The number of carbonyl (C=O) groups excluding carboxylic acids is 1. The number of non-ortho nitro benzene ring substituents is 1. The van der Waals surface area contributed by atoms with Crippen LogP contribution in [0, 0.1) is 10.1 Å². The second kappa shape index (κ2) is 7.42. The quantitative estimate of drug-likeness (QED) is 0.639. The van der Waals surface area contributed by atoms with Gasteiger partial charge in [0.15, 0.2) is 0 Å². The molecule has 2 N–H and O–H groups in total. The number of hydrogen-bond donors (Lipinski definition) is 2. The summed E-state index contributed by atoms with van der Waals surface area (Å²) in [7, 11) is 0. The van der Waals surface area contributed by atoms with Crippen LogP contribution in [0.4, 0.5) is 5.69 Å². The van der Waals surface area contributed by atoms with Crippen LogP contribution < -0.4 is 5.32 Å². The third-order valence-corrected chi connectivity index (χ3v) is 4.30. The Kier molecular flexibility index (Phi) is 5.06. The maximum absolute atomic E-state index is 12.3. The second-order valence-electron chi connectivity index (χ2n) is 5.97. The van der Waals surface area contributed by atoms with E-state index < -0.39 is 17.1 Å². The summed E-state index contributed by atoms with van der Waals surface area (Å²) in [4.78, 5) is 24.7. The summed E-state index contributed by atoms with van der Waals surface area (Å²) in [5, 5.41) is 24.3. The number of carbonyl (C=O) groups is 1. The van der Waals surface area contributed by atoms with Crippen LogP contribution >= 0.6 is 0 Å². The van der Waals surface area contributed by atoms with E-state index in [-0.39, 0.29) is 18.1 Å². The fraction of sp³-hybridized carbons (Fsp3) is 0.278. The number of amides is 1. The van der Waals surface area contributed by atoms with Gasteiger partial charge in [-0.05, 0) is 11.1 Å². The van der Waals surface area contributed by atoms with E-state index in [1.54, 1.807) is 12.1 Å². The molecule has 7 nitrogen and oxygen atoms in total. The summed E-state index contributed by atoms with van der Waals surface area (Å²) < 4.78 is 0. The lowest BCUT2D eigenvalue weighted by atomic mass is 10.0. The molecule has 0 radical (unpaired) electrons. The van der Waals surface area contributed by atoms with Gasteiger partial charge >= 0.3 is 0 Å². The number of nitro benzene ring substituents is 1. The first-order chi connectivity index (χ1) is 12.1. The highest BCUT2D eigenvalue weighted by molar-refractivity contribution is 5.83. The van der Waals surface area contributed by atoms with Gasteiger partial charge in [-0.2, -0.15) is 0 Å².